The van der Waals surface area contributed by atoms with Crippen LogP contribution in [-0.2, 0) is 0 Å². The molecule has 0 amide bonds. The van der Waals surface area contributed by atoms with Crippen LogP contribution in [0.3, 0.4) is 0 Å². The SMILES string of the molecule is C[SiH](C)C(=Cc1ccccc1)C(F)(F)C(F)(F)CCCC(F)(F)F. The lowest BCUT2D eigenvalue weighted by atomic mass is 10.0. The lowest BCUT2D eigenvalue weighted by Crippen LogP contribution is -2.45. The van der Waals surface area contributed by atoms with Crippen LogP contribution in [0.2, 0.25) is 13.1 Å². The first kappa shape index (κ1) is 20.7. The van der Waals surface area contributed by atoms with Gasteiger partial charge in [0.1, 0.15) is 0 Å². The largest absolute Gasteiger partial charge is 0.389 e. The quantitative estimate of drug-likeness (QED) is 0.401. The molecule has 1 aromatic rings. The summed E-state index contributed by atoms with van der Waals surface area (Å²) in [7, 11) is -2.34. The van der Waals surface area contributed by atoms with Crippen LogP contribution in [0.15, 0.2) is 35.5 Å². The Morgan fingerprint density at radius 1 is 0.917 bits per heavy atom. The van der Waals surface area contributed by atoms with Gasteiger partial charge >= 0.3 is 18.0 Å². The summed E-state index contributed by atoms with van der Waals surface area (Å²) in [5.41, 5.74) is 0.361. The Kier molecular flexibility index (Phi) is 6.66. The van der Waals surface area contributed by atoms with Crippen molar-refractivity contribution in [3.8, 4) is 0 Å². The zero-order chi connectivity index (χ0) is 18.6. The van der Waals surface area contributed by atoms with Gasteiger partial charge in [0.05, 0.1) is 8.80 Å². The first-order chi connectivity index (χ1) is 10.9. The molecule has 0 atom stereocenters. The molecule has 0 spiro atoms. The van der Waals surface area contributed by atoms with Crippen LogP contribution in [0.1, 0.15) is 24.8 Å². The summed E-state index contributed by atoms with van der Waals surface area (Å²) in [5, 5.41) is -0.661. The van der Waals surface area contributed by atoms with Crippen LogP contribution in [0.5, 0.6) is 0 Å². The van der Waals surface area contributed by atoms with E-state index in [1.165, 1.54) is 25.2 Å². The molecule has 0 aromatic heterocycles. The highest BCUT2D eigenvalue weighted by Crippen LogP contribution is 2.45. The van der Waals surface area contributed by atoms with Gasteiger partial charge in [-0.05, 0) is 17.2 Å². The lowest BCUT2D eigenvalue weighted by Gasteiger charge is -2.30. The molecule has 0 saturated heterocycles. The van der Waals surface area contributed by atoms with Gasteiger partial charge in [0.15, 0.2) is 0 Å². The molecule has 0 heterocycles. The van der Waals surface area contributed by atoms with E-state index in [9.17, 15) is 30.7 Å². The normalized spacial score (nSPS) is 14.3. The van der Waals surface area contributed by atoms with Gasteiger partial charge < -0.3 is 0 Å². The molecular weight excluding hydrogens is 353 g/mol. The van der Waals surface area contributed by atoms with Gasteiger partial charge in [0.2, 0.25) is 0 Å². The maximum Gasteiger partial charge on any atom is 0.389 e. The fourth-order valence-corrected chi connectivity index (χ4v) is 3.69. The summed E-state index contributed by atoms with van der Waals surface area (Å²) in [6, 6.07) is 7.85. The Labute approximate surface area is 138 Å². The Bertz CT molecular complexity index is 547. The first-order valence-electron chi connectivity index (χ1n) is 7.46. The summed E-state index contributed by atoms with van der Waals surface area (Å²) < 4.78 is 92.8. The second-order valence-electron chi connectivity index (χ2n) is 5.91. The fraction of sp³-hybridized carbons (Fsp3) is 0.500. The zero-order valence-electron chi connectivity index (χ0n) is 13.3. The van der Waals surface area contributed by atoms with Crippen molar-refractivity contribution >= 4 is 14.9 Å². The van der Waals surface area contributed by atoms with Crippen molar-refractivity contribution in [3.05, 3.63) is 41.1 Å². The van der Waals surface area contributed by atoms with E-state index < -0.39 is 51.3 Å². The highest BCUT2D eigenvalue weighted by Gasteiger charge is 2.58. The molecule has 0 radical (unpaired) electrons. The number of rotatable bonds is 7. The monoisotopic (exact) mass is 372 g/mol. The molecule has 136 valence electrons. The van der Waals surface area contributed by atoms with E-state index in [2.05, 4.69) is 0 Å². The van der Waals surface area contributed by atoms with E-state index >= 15 is 0 Å². The first-order valence-corrected chi connectivity index (χ1v) is 10.3. The van der Waals surface area contributed by atoms with Crippen molar-refractivity contribution in [2.45, 2.75) is 50.4 Å². The van der Waals surface area contributed by atoms with Gasteiger partial charge in [0.25, 0.3) is 0 Å². The van der Waals surface area contributed by atoms with Crippen molar-refractivity contribution in [3.63, 3.8) is 0 Å². The van der Waals surface area contributed by atoms with Crippen LogP contribution in [0.4, 0.5) is 30.7 Å². The Morgan fingerprint density at radius 2 is 1.46 bits per heavy atom. The van der Waals surface area contributed by atoms with E-state index in [0.29, 0.717) is 5.56 Å². The molecule has 0 fully saturated rings. The van der Waals surface area contributed by atoms with Gasteiger partial charge in [-0.2, -0.15) is 30.7 Å². The van der Waals surface area contributed by atoms with E-state index in [-0.39, 0.29) is 0 Å². The van der Waals surface area contributed by atoms with E-state index in [0.717, 1.165) is 6.08 Å². The van der Waals surface area contributed by atoms with Crippen molar-refractivity contribution in [2.24, 2.45) is 0 Å². The van der Waals surface area contributed by atoms with E-state index in [4.69, 9.17) is 0 Å². The molecule has 0 saturated carbocycles. The maximum absolute atomic E-state index is 14.4. The topological polar surface area (TPSA) is 0 Å². The van der Waals surface area contributed by atoms with Crippen molar-refractivity contribution in [2.75, 3.05) is 0 Å². The predicted octanol–water partition coefficient (Wildman–Crippen LogP) is 6.10. The maximum atomic E-state index is 14.4. The predicted molar refractivity (Wildman–Crippen MR) is 83.1 cm³/mol. The molecule has 0 bridgehead atoms. The molecule has 0 nitrogen and oxygen atoms in total. The van der Waals surface area contributed by atoms with Gasteiger partial charge in [-0.1, -0.05) is 49.5 Å². The fourth-order valence-electron chi connectivity index (χ4n) is 2.23. The summed E-state index contributed by atoms with van der Waals surface area (Å²) in [6.45, 7) is 2.96. The molecule has 0 aliphatic rings. The average molecular weight is 372 g/mol. The standard InChI is InChI=1S/C16H19F7Si/c1-24(2)13(11-12-7-4-3-5-8-12)16(22,23)14(17,18)9-6-10-15(19,20)21/h3-5,7-8,11,24H,6,9-10H2,1-2H3. The van der Waals surface area contributed by atoms with Crippen LogP contribution in [0, 0.1) is 0 Å². The third-order valence-corrected chi connectivity index (χ3v) is 5.29. The Balaban J connectivity index is 3.04. The van der Waals surface area contributed by atoms with Crippen molar-refractivity contribution in [1.82, 2.24) is 0 Å². The van der Waals surface area contributed by atoms with Gasteiger partial charge in [-0.15, -0.1) is 0 Å². The Hall–Kier alpha value is -1.31. The molecular formula is C16H19F7Si. The summed E-state index contributed by atoms with van der Waals surface area (Å²) >= 11 is 0. The molecule has 24 heavy (non-hydrogen) atoms. The molecule has 0 N–H and O–H groups in total. The number of benzene rings is 1. The third kappa shape index (κ3) is 5.65. The molecule has 8 heteroatoms. The van der Waals surface area contributed by atoms with Crippen LogP contribution < -0.4 is 0 Å². The second kappa shape index (κ2) is 7.71. The number of halogens is 7. The van der Waals surface area contributed by atoms with Gasteiger partial charge in [-0.3, -0.25) is 0 Å². The highest BCUT2D eigenvalue weighted by atomic mass is 28.3. The van der Waals surface area contributed by atoms with Crippen molar-refractivity contribution < 1.29 is 30.7 Å². The number of allylic oxidation sites excluding steroid dienone is 1. The molecule has 0 aliphatic heterocycles. The molecule has 0 unspecified atom stereocenters. The minimum Gasteiger partial charge on any atom is -0.200 e. The minimum atomic E-state index is -4.64. The number of hydrogen-bond acceptors (Lipinski definition) is 0. The van der Waals surface area contributed by atoms with Crippen LogP contribution in [0.25, 0.3) is 6.08 Å². The minimum absolute atomic E-state index is 0.361. The molecule has 0 aliphatic carbocycles. The molecule has 1 rings (SSSR count). The van der Waals surface area contributed by atoms with E-state index in [1.807, 2.05) is 0 Å². The zero-order valence-corrected chi connectivity index (χ0v) is 14.5. The summed E-state index contributed by atoms with van der Waals surface area (Å²) in [5.74, 6) is -8.98. The van der Waals surface area contributed by atoms with Gasteiger partial charge in [-0.25, -0.2) is 0 Å². The number of alkyl halides is 7. The summed E-state index contributed by atoms with van der Waals surface area (Å²) in [4.78, 5) is 0. The van der Waals surface area contributed by atoms with Crippen molar-refractivity contribution in [1.29, 1.82) is 0 Å². The molecule has 1 aromatic carbocycles. The van der Waals surface area contributed by atoms with E-state index in [1.54, 1.807) is 18.2 Å². The summed E-state index contributed by atoms with van der Waals surface area (Å²) in [6.07, 6.45) is -7.65. The van der Waals surface area contributed by atoms with Gasteiger partial charge in [0, 0.05) is 12.8 Å². The van der Waals surface area contributed by atoms with Crippen LogP contribution in [-0.4, -0.2) is 26.8 Å². The average Bonchev–Trinajstić information content (AvgIpc) is 2.43. The Morgan fingerprint density at radius 3 is 1.92 bits per heavy atom. The highest BCUT2D eigenvalue weighted by molar-refractivity contribution is 6.65. The number of hydrogen-bond donors (Lipinski definition) is 0. The smallest absolute Gasteiger partial charge is 0.200 e. The van der Waals surface area contributed by atoms with Crippen LogP contribution >= 0.6 is 0 Å². The lowest BCUT2D eigenvalue weighted by molar-refractivity contribution is -0.191. The second-order valence-corrected chi connectivity index (χ2v) is 8.84. The third-order valence-electron chi connectivity index (χ3n) is 3.52.